The Bertz CT molecular complexity index is 1200. The Kier molecular flexibility index (Phi) is 3.25. The molecule has 0 radical (unpaired) electrons. The lowest BCUT2D eigenvalue weighted by Gasteiger charge is -2.00. The van der Waals surface area contributed by atoms with Crippen molar-refractivity contribution in [1.29, 1.82) is 5.26 Å². The molecule has 3 aromatic rings. The van der Waals surface area contributed by atoms with Gasteiger partial charge in [-0.3, -0.25) is 0 Å². The van der Waals surface area contributed by atoms with Gasteiger partial charge in [-0.05, 0) is 42.8 Å². The van der Waals surface area contributed by atoms with Crippen molar-refractivity contribution in [3.63, 3.8) is 0 Å². The molecule has 1 aliphatic rings. The van der Waals surface area contributed by atoms with Crippen molar-refractivity contribution in [2.75, 3.05) is 0 Å². The molecule has 0 amide bonds. The van der Waals surface area contributed by atoms with Gasteiger partial charge in [0.2, 0.25) is 0 Å². The highest BCUT2D eigenvalue weighted by Gasteiger charge is 2.20. The summed E-state index contributed by atoms with van der Waals surface area (Å²) in [4.78, 5) is 11.8. The van der Waals surface area contributed by atoms with E-state index in [0.717, 1.165) is 31.7 Å². The number of nitrogens with zero attached hydrogens (tertiary/aromatic N) is 3. The molecule has 0 unspecified atom stereocenters. The van der Waals surface area contributed by atoms with Crippen molar-refractivity contribution in [1.82, 2.24) is 4.98 Å². The van der Waals surface area contributed by atoms with Gasteiger partial charge in [0, 0.05) is 15.4 Å². The van der Waals surface area contributed by atoms with Crippen LogP contribution in [0.15, 0.2) is 56.7 Å². The molecular weight excluding hydrogens is 368 g/mol. The molecule has 6 heteroatoms. The van der Waals surface area contributed by atoms with Crippen molar-refractivity contribution < 1.29 is 5.11 Å². The van der Waals surface area contributed by atoms with E-state index in [9.17, 15) is 10.4 Å². The molecule has 0 saturated carbocycles. The second-order valence-electron chi connectivity index (χ2n) is 5.56. The number of hydrogen-bond acceptors (Lipinski definition) is 4. The Morgan fingerprint density at radius 1 is 1.17 bits per heavy atom. The quantitative estimate of drug-likeness (QED) is 0.637. The lowest BCUT2D eigenvalue weighted by atomic mass is 10.1. The van der Waals surface area contributed by atoms with Crippen LogP contribution >= 0.6 is 15.9 Å². The van der Waals surface area contributed by atoms with Crippen molar-refractivity contribution in [2.45, 2.75) is 6.92 Å². The number of fused-ring (bicyclic) bond motifs is 2. The number of aromatic hydroxyl groups is 1. The average Bonchev–Trinajstić information content (AvgIpc) is 3.09. The van der Waals surface area contributed by atoms with Crippen LogP contribution in [0.2, 0.25) is 0 Å². The zero-order valence-corrected chi connectivity index (χ0v) is 14.2. The number of rotatable bonds is 1. The second kappa shape index (κ2) is 5.32. The van der Waals surface area contributed by atoms with Crippen LogP contribution in [-0.2, 0) is 0 Å². The Morgan fingerprint density at radius 3 is 2.75 bits per heavy atom. The van der Waals surface area contributed by atoms with Crippen LogP contribution in [0.25, 0.3) is 16.5 Å². The standard InChI is InChI=1S/C18H11BrN4O/c1-9-2-4-14-15(6-9)22-17(21-14)12(8-20)16-11-7-10(19)3-5-13(11)23-18(16)24/h2-7,23-24H,1H3/b17-12+. The summed E-state index contributed by atoms with van der Waals surface area (Å²) in [6, 6.07) is 13.5. The molecule has 0 aliphatic carbocycles. The molecule has 5 nitrogen and oxygen atoms in total. The highest BCUT2D eigenvalue weighted by molar-refractivity contribution is 9.10. The van der Waals surface area contributed by atoms with Crippen LogP contribution in [0.1, 0.15) is 11.1 Å². The molecule has 2 N–H and O–H groups in total. The molecule has 2 heterocycles. The number of aromatic amines is 1. The highest BCUT2D eigenvalue weighted by Crippen LogP contribution is 2.36. The van der Waals surface area contributed by atoms with Gasteiger partial charge in [0.1, 0.15) is 11.6 Å². The molecular formula is C18H11BrN4O. The molecule has 24 heavy (non-hydrogen) atoms. The van der Waals surface area contributed by atoms with Gasteiger partial charge in [0.25, 0.3) is 0 Å². The van der Waals surface area contributed by atoms with Crippen LogP contribution in [-0.4, -0.2) is 10.1 Å². The van der Waals surface area contributed by atoms with E-state index in [1.165, 1.54) is 0 Å². The van der Waals surface area contributed by atoms with Gasteiger partial charge in [-0.1, -0.05) is 22.0 Å². The summed E-state index contributed by atoms with van der Waals surface area (Å²) in [5.41, 5.74) is 2.48. The predicted octanol–water partition coefficient (Wildman–Crippen LogP) is 3.09. The summed E-state index contributed by atoms with van der Waals surface area (Å²) >= 11 is 3.42. The van der Waals surface area contributed by atoms with Gasteiger partial charge in [-0.2, -0.15) is 5.26 Å². The molecule has 0 fully saturated rings. The van der Waals surface area contributed by atoms with E-state index in [2.05, 4.69) is 37.0 Å². The highest BCUT2D eigenvalue weighted by atomic mass is 79.9. The molecule has 0 atom stereocenters. The maximum Gasteiger partial charge on any atom is 0.198 e. The third-order valence-corrected chi connectivity index (χ3v) is 4.40. The predicted molar refractivity (Wildman–Crippen MR) is 93.7 cm³/mol. The van der Waals surface area contributed by atoms with E-state index in [0.29, 0.717) is 11.4 Å². The Labute approximate surface area is 145 Å². The number of H-pyrrole nitrogens is 1. The summed E-state index contributed by atoms with van der Waals surface area (Å²) in [5.74, 6) is 0.249. The minimum absolute atomic E-state index is 0.0651. The number of hydrogen-bond donors (Lipinski definition) is 2. The third-order valence-electron chi connectivity index (χ3n) is 3.91. The maximum atomic E-state index is 10.3. The summed E-state index contributed by atoms with van der Waals surface area (Å²) < 4.78 is 0.858. The maximum absolute atomic E-state index is 10.3. The lowest BCUT2D eigenvalue weighted by Crippen LogP contribution is -2.20. The zero-order valence-electron chi connectivity index (χ0n) is 12.6. The molecule has 116 valence electrons. The van der Waals surface area contributed by atoms with Crippen LogP contribution < -0.4 is 10.7 Å². The van der Waals surface area contributed by atoms with Crippen molar-refractivity contribution in [2.24, 2.45) is 9.98 Å². The topological polar surface area (TPSA) is 84.5 Å². The Morgan fingerprint density at radius 2 is 1.96 bits per heavy atom. The fourth-order valence-electron chi connectivity index (χ4n) is 2.80. The van der Waals surface area contributed by atoms with Gasteiger partial charge in [0.05, 0.1) is 16.3 Å². The van der Waals surface area contributed by atoms with E-state index < -0.39 is 0 Å². The van der Waals surface area contributed by atoms with Gasteiger partial charge >= 0.3 is 0 Å². The van der Waals surface area contributed by atoms with Gasteiger partial charge < -0.3 is 10.1 Å². The number of benzene rings is 2. The van der Waals surface area contributed by atoms with Crippen molar-refractivity contribution in [3.8, 4) is 11.9 Å². The van der Waals surface area contributed by atoms with E-state index in [1.807, 2.05) is 43.3 Å². The summed E-state index contributed by atoms with van der Waals surface area (Å²) in [5, 5.41) is 22.2. The van der Waals surface area contributed by atoms with Crippen LogP contribution in [0, 0.1) is 18.3 Å². The number of halogens is 1. The minimum Gasteiger partial charge on any atom is -0.494 e. The average molecular weight is 379 g/mol. The summed E-state index contributed by atoms with van der Waals surface area (Å²) in [7, 11) is 0. The van der Waals surface area contributed by atoms with E-state index in [-0.39, 0.29) is 11.5 Å². The largest absolute Gasteiger partial charge is 0.494 e. The van der Waals surface area contributed by atoms with E-state index in [4.69, 9.17) is 0 Å². The number of nitrogens with one attached hydrogen (secondary N) is 1. The smallest absolute Gasteiger partial charge is 0.198 e. The van der Waals surface area contributed by atoms with Crippen LogP contribution in [0.5, 0.6) is 5.88 Å². The van der Waals surface area contributed by atoms with Gasteiger partial charge in [-0.25, -0.2) is 9.98 Å². The molecule has 2 aromatic carbocycles. The SMILES string of the molecule is Cc1ccc2c(c1)=N/C(=C(\C#N)c1c(O)[nH]c3ccc(Br)cc13)N=2. The number of nitriles is 1. The molecule has 0 spiro atoms. The molecule has 0 bridgehead atoms. The fraction of sp³-hybridized carbons (Fsp3) is 0.0556. The van der Waals surface area contributed by atoms with Crippen LogP contribution in [0.4, 0.5) is 0 Å². The fourth-order valence-corrected chi connectivity index (χ4v) is 3.16. The second-order valence-corrected chi connectivity index (χ2v) is 6.48. The van der Waals surface area contributed by atoms with E-state index >= 15 is 0 Å². The minimum atomic E-state index is -0.0651. The summed E-state index contributed by atoms with van der Waals surface area (Å²) in [6.07, 6.45) is 0. The van der Waals surface area contributed by atoms with Crippen molar-refractivity contribution in [3.05, 3.63) is 68.5 Å². The Balaban J connectivity index is 2.04. The van der Waals surface area contributed by atoms with Crippen molar-refractivity contribution >= 4 is 32.4 Å². The monoisotopic (exact) mass is 378 g/mol. The third kappa shape index (κ3) is 2.22. The first-order valence-electron chi connectivity index (χ1n) is 7.26. The molecule has 1 aromatic heterocycles. The molecule has 4 rings (SSSR count). The van der Waals surface area contributed by atoms with Gasteiger partial charge in [0.15, 0.2) is 11.7 Å². The molecule has 1 aliphatic heterocycles. The zero-order chi connectivity index (χ0) is 16.8. The molecule has 0 saturated heterocycles. The van der Waals surface area contributed by atoms with Gasteiger partial charge in [-0.15, -0.1) is 0 Å². The first-order valence-corrected chi connectivity index (χ1v) is 8.05. The van der Waals surface area contributed by atoms with E-state index in [1.54, 1.807) is 0 Å². The number of aryl methyl sites for hydroxylation is 1. The lowest BCUT2D eigenvalue weighted by molar-refractivity contribution is 0.457. The normalized spacial score (nSPS) is 14.7. The Hall–Kier alpha value is -2.91. The van der Waals surface area contributed by atoms with Crippen LogP contribution in [0.3, 0.4) is 0 Å². The summed E-state index contributed by atoms with van der Waals surface area (Å²) in [6.45, 7) is 1.98. The first kappa shape index (κ1) is 14.7. The first-order chi connectivity index (χ1) is 11.6. The number of allylic oxidation sites excluding steroid dienone is 1. The number of aromatic nitrogens is 1.